The molecule has 2 atom stereocenters. The lowest BCUT2D eigenvalue weighted by atomic mass is 9.95. The van der Waals surface area contributed by atoms with Gasteiger partial charge in [0.2, 0.25) is 5.91 Å². The van der Waals surface area contributed by atoms with Crippen LogP contribution in [0.4, 0.5) is 5.69 Å². The summed E-state index contributed by atoms with van der Waals surface area (Å²) >= 11 is 0. The van der Waals surface area contributed by atoms with E-state index < -0.39 is 0 Å². The molecule has 0 spiro atoms. The van der Waals surface area contributed by atoms with Crippen molar-refractivity contribution >= 4 is 11.6 Å². The van der Waals surface area contributed by atoms with E-state index in [2.05, 4.69) is 35.3 Å². The maximum Gasteiger partial charge on any atom is 0.239 e. The van der Waals surface area contributed by atoms with Crippen LogP contribution in [-0.2, 0) is 4.79 Å². The standard InChI is InChI=1S/C15H23N3O/c1-3-9-17-13-8-10-18(11(2)15(16)19)14-7-5-4-6-12(13)14/h4-7,11,13,17H,3,8-10H2,1-2H3,(H2,16,19). The molecule has 1 aliphatic heterocycles. The molecule has 19 heavy (non-hydrogen) atoms. The average molecular weight is 261 g/mol. The first-order valence-corrected chi connectivity index (χ1v) is 7.03. The van der Waals surface area contributed by atoms with Gasteiger partial charge in [-0.2, -0.15) is 0 Å². The average Bonchev–Trinajstić information content (AvgIpc) is 2.43. The van der Waals surface area contributed by atoms with Crippen molar-refractivity contribution in [2.75, 3.05) is 18.0 Å². The zero-order valence-corrected chi connectivity index (χ0v) is 11.7. The summed E-state index contributed by atoms with van der Waals surface area (Å²) < 4.78 is 0. The van der Waals surface area contributed by atoms with Crippen LogP contribution >= 0.6 is 0 Å². The van der Waals surface area contributed by atoms with Gasteiger partial charge in [0.05, 0.1) is 0 Å². The first-order chi connectivity index (χ1) is 9.15. The molecule has 0 aliphatic carbocycles. The number of rotatable bonds is 5. The molecule has 1 amide bonds. The topological polar surface area (TPSA) is 58.4 Å². The Morgan fingerprint density at radius 2 is 2.26 bits per heavy atom. The highest BCUT2D eigenvalue weighted by Gasteiger charge is 2.28. The summed E-state index contributed by atoms with van der Waals surface area (Å²) in [5.74, 6) is -0.269. The van der Waals surface area contributed by atoms with Crippen LogP contribution in [0.1, 0.15) is 38.3 Å². The summed E-state index contributed by atoms with van der Waals surface area (Å²) in [6.45, 7) is 5.93. The van der Waals surface area contributed by atoms with E-state index in [-0.39, 0.29) is 11.9 Å². The van der Waals surface area contributed by atoms with Crippen LogP contribution in [-0.4, -0.2) is 25.0 Å². The molecule has 4 heteroatoms. The summed E-state index contributed by atoms with van der Waals surface area (Å²) in [5, 5.41) is 3.57. The van der Waals surface area contributed by atoms with E-state index in [1.807, 2.05) is 13.0 Å². The Kier molecular flexibility index (Phi) is 4.43. The Hall–Kier alpha value is -1.55. The van der Waals surface area contributed by atoms with E-state index >= 15 is 0 Å². The van der Waals surface area contributed by atoms with E-state index in [1.165, 1.54) is 5.56 Å². The SMILES string of the molecule is CCCNC1CCN(C(C)C(N)=O)c2ccccc21. The number of nitrogens with zero attached hydrogens (tertiary/aromatic N) is 1. The predicted octanol–water partition coefficient (Wildman–Crippen LogP) is 1.81. The van der Waals surface area contributed by atoms with Gasteiger partial charge in [-0.25, -0.2) is 0 Å². The molecule has 1 aromatic rings. The van der Waals surface area contributed by atoms with E-state index in [0.717, 1.165) is 31.6 Å². The third-order valence-corrected chi connectivity index (χ3v) is 3.80. The number of nitrogens with one attached hydrogen (secondary N) is 1. The van der Waals surface area contributed by atoms with Gasteiger partial charge in [0.15, 0.2) is 0 Å². The second-order valence-corrected chi connectivity index (χ2v) is 5.13. The van der Waals surface area contributed by atoms with Crippen molar-refractivity contribution in [1.82, 2.24) is 5.32 Å². The fourth-order valence-corrected chi connectivity index (χ4v) is 2.67. The molecule has 2 rings (SSSR count). The molecule has 1 heterocycles. The third-order valence-electron chi connectivity index (χ3n) is 3.80. The van der Waals surface area contributed by atoms with Crippen LogP contribution in [0.15, 0.2) is 24.3 Å². The van der Waals surface area contributed by atoms with Gasteiger partial charge in [0.1, 0.15) is 6.04 Å². The lowest BCUT2D eigenvalue weighted by Gasteiger charge is -2.38. The molecule has 0 bridgehead atoms. The predicted molar refractivity (Wildman–Crippen MR) is 78.1 cm³/mol. The van der Waals surface area contributed by atoms with Crippen molar-refractivity contribution in [2.45, 2.75) is 38.8 Å². The fraction of sp³-hybridized carbons (Fsp3) is 0.533. The van der Waals surface area contributed by atoms with Gasteiger partial charge in [0, 0.05) is 18.3 Å². The highest BCUT2D eigenvalue weighted by Crippen LogP contribution is 2.34. The molecule has 0 aromatic heterocycles. The van der Waals surface area contributed by atoms with Gasteiger partial charge in [-0.1, -0.05) is 25.1 Å². The quantitative estimate of drug-likeness (QED) is 0.850. The Bertz CT molecular complexity index is 447. The first-order valence-electron chi connectivity index (χ1n) is 7.03. The van der Waals surface area contributed by atoms with Crippen molar-refractivity contribution in [3.05, 3.63) is 29.8 Å². The Morgan fingerprint density at radius 1 is 1.53 bits per heavy atom. The number of amides is 1. The summed E-state index contributed by atoms with van der Waals surface area (Å²) in [7, 11) is 0. The van der Waals surface area contributed by atoms with Crippen molar-refractivity contribution in [2.24, 2.45) is 5.73 Å². The number of benzene rings is 1. The molecular weight excluding hydrogens is 238 g/mol. The van der Waals surface area contributed by atoms with Crippen molar-refractivity contribution in [1.29, 1.82) is 0 Å². The molecule has 0 fully saturated rings. The molecule has 0 radical (unpaired) electrons. The fourth-order valence-electron chi connectivity index (χ4n) is 2.67. The highest BCUT2D eigenvalue weighted by atomic mass is 16.1. The normalized spacial score (nSPS) is 19.9. The van der Waals surface area contributed by atoms with Gasteiger partial charge in [-0.05, 0) is 37.9 Å². The van der Waals surface area contributed by atoms with Crippen LogP contribution in [0.2, 0.25) is 0 Å². The largest absolute Gasteiger partial charge is 0.368 e. The summed E-state index contributed by atoms with van der Waals surface area (Å²) in [6.07, 6.45) is 2.13. The highest BCUT2D eigenvalue weighted by molar-refractivity contribution is 5.83. The van der Waals surface area contributed by atoms with E-state index in [0.29, 0.717) is 6.04 Å². The maximum absolute atomic E-state index is 11.4. The third kappa shape index (κ3) is 2.89. The van der Waals surface area contributed by atoms with E-state index in [4.69, 9.17) is 5.73 Å². The summed E-state index contributed by atoms with van der Waals surface area (Å²) in [5.41, 5.74) is 7.85. The molecule has 3 N–H and O–H groups in total. The number of hydrogen-bond acceptors (Lipinski definition) is 3. The van der Waals surface area contributed by atoms with Crippen molar-refractivity contribution in [3.8, 4) is 0 Å². The minimum absolute atomic E-state index is 0.256. The number of para-hydroxylation sites is 1. The molecule has 2 unspecified atom stereocenters. The molecular formula is C15H23N3O. The molecule has 1 aromatic carbocycles. The molecule has 4 nitrogen and oxygen atoms in total. The molecule has 0 saturated heterocycles. The van der Waals surface area contributed by atoms with Gasteiger partial charge < -0.3 is 16.0 Å². The van der Waals surface area contributed by atoms with Gasteiger partial charge >= 0.3 is 0 Å². The van der Waals surface area contributed by atoms with Gasteiger partial charge in [0.25, 0.3) is 0 Å². The van der Waals surface area contributed by atoms with Crippen LogP contribution in [0.5, 0.6) is 0 Å². The summed E-state index contributed by atoms with van der Waals surface area (Å²) in [4.78, 5) is 13.5. The van der Waals surface area contributed by atoms with E-state index in [9.17, 15) is 4.79 Å². The van der Waals surface area contributed by atoms with Crippen molar-refractivity contribution in [3.63, 3.8) is 0 Å². The zero-order chi connectivity index (χ0) is 13.8. The first kappa shape index (κ1) is 13.9. The van der Waals surface area contributed by atoms with Crippen LogP contribution in [0.3, 0.4) is 0 Å². The van der Waals surface area contributed by atoms with Crippen LogP contribution in [0.25, 0.3) is 0 Å². The lowest BCUT2D eigenvalue weighted by Crippen LogP contribution is -2.47. The molecule has 0 saturated carbocycles. The minimum Gasteiger partial charge on any atom is -0.368 e. The number of nitrogens with two attached hydrogens (primary N) is 1. The second-order valence-electron chi connectivity index (χ2n) is 5.13. The number of carbonyl (C=O) groups is 1. The maximum atomic E-state index is 11.4. The zero-order valence-electron chi connectivity index (χ0n) is 11.7. The summed E-state index contributed by atoms with van der Waals surface area (Å²) in [6, 6.07) is 8.41. The van der Waals surface area contributed by atoms with Gasteiger partial charge in [-0.3, -0.25) is 4.79 Å². The van der Waals surface area contributed by atoms with Crippen LogP contribution in [0, 0.1) is 0 Å². The molecule has 104 valence electrons. The number of primary amides is 1. The number of anilines is 1. The molecule has 1 aliphatic rings. The minimum atomic E-state index is -0.269. The lowest BCUT2D eigenvalue weighted by molar-refractivity contribution is -0.119. The number of fused-ring (bicyclic) bond motifs is 1. The Labute approximate surface area is 115 Å². The van der Waals surface area contributed by atoms with Crippen LogP contribution < -0.4 is 16.0 Å². The Morgan fingerprint density at radius 3 is 2.95 bits per heavy atom. The van der Waals surface area contributed by atoms with Gasteiger partial charge in [-0.15, -0.1) is 0 Å². The van der Waals surface area contributed by atoms with E-state index in [1.54, 1.807) is 0 Å². The van der Waals surface area contributed by atoms with Crippen molar-refractivity contribution < 1.29 is 4.79 Å². The number of carbonyl (C=O) groups excluding carboxylic acids is 1. The monoisotopic (exact) mass is 261 g/mol. The smallest absolute Gasteiger partial charge is 0.239 e. The Balaban J connectivity index is 2.26. The second kappa shape index (κ2) is 6.06. The number of hydrogen-bond donors (Lipinski definition) is 2.